The smallest absolute Gasteiger partial charge is 0.303 e. The number of aliphatic hydroxyl groups is 6. The van der Waals surface area contributed by atoms with Gasteiger partial charge in [-0.2, -0.15) is 0 Å². The molecule has 10 rings (SSSR count). The van der Waals surface area contributed by atoms with Gasteiger partial charge in [-0.25, -0.2) is 0 Å². The minimum atomic E-state index is -1.54. The molecule has 10 aliphatic rings. The van der Waals surface area contributed by atoms with Gasteiger partial charge in [0.15, 0.2) is 0 Å². The highest BCUT2D eigenvalue weighted by Gasteiger charge is 2.86. The third-order valence-corrected chi connectivity index (χ3v) is 19.9. The molecule has 2 saturated heterocycles. The lowest BCUT2D eigenvalue weighted by Gasteiger charge is -2.52. The molecule has 64 heavy (non-hydrogen) atoms. The number of fused-ring (bicyclic) bond motifs is 8. The molecule has 0 unspecified atom stereocenters. The van der Waals surface area contributed by atoms with E-state index < -0.39 is 115 Å². The minimum absolute atomic E-state index is 0.202. The number of hydrogen-bond donors (Lipinski definition) is 6. The maximum absolute atomic E-state index is 12.3. The number of carbonyl (C=O) groups excluding carboxylic acids is 4. The summed E-state index contributed by atoms with van der Waals surface area (Å²) in [6.07, 6.45) is -0.894. The molecule has 10 fully saturated rings. The van der Waals surface area contributed by atoms with Crippen molar-refractivity contribution in [1.29, 1.82) is 0 Å². The highest BCUT2D eigenvalue weighted by molar-refractivity contribution is 5.68. The molecule has 16 heteroatoms. The number of epoxide rings is 2. The van der Waals surface area contributed by atoms with Crippen LogP contribution in [0.1, 0.15) is 134 Å². The summed E-state index contributed by atoms with van der Waals surface area (Å²) in [6.45, 7) is 19.9. The molecule has 4 bridgehead atoms. The average Bonchev–Trinajstić information content (AvgIpc) is 4.03. The van der Waals surface area contributed by atoms with Gasteiger partial charge in [0.2, 0.25) is 0 Å². The third-order valence-electron chi connectivity index (χ3n) is 19.9. The molecule has 22 atom stereocenters. The molecule has 16 nitrogen and oxygen atoms in total. The molecule has 0 aromatic heterocycles. The Morgan fingerprint density at radius 1 is 0.484 bits per heavy atom. The van der Waals surface area contributed by atoms with E-state index in [1.165, 1.54) is 27.7 Å². The molecule has 0 aromatic carbocycles. The Morgan fingerprint density at radius 3 is 1.09 bits per heavy atom. The summed E-state index contributed by atoms with van der Waals surface area (Å²) < 4.78 is 35.2. The number of ether oxygens (including phenoxy) is 6. The maximum atomic E-state index is 12.3. The second-order valence-electron chi connectivity index (χ2n) is 24.2. The fourth-order valence-electron chi connectivity index (χ4n) is 17.8. The zero-order valence-electron chi connectivity index (χ0n) is 39.5. The van der Waals surface area contributed by atoms with E-state index in [9.17, 15) is 49.8 Å². The second kappa shape index (κ2) is 13.6. The van der Waals surface area contributed by atoms with E-state index in [2.05, 4.69) is 0 Å². The second-order valence-corrected chi connectivity index (χ2v) is 24.2. The van der Waals surface area contributed by atoms with Gasteiger partial charge < -0.3 is 59.1 Å². The Kier molecular flexibility index (Phi) is 9.93. The number of hydrogen-bond acceptors (Lipinski definition) is 16. The summed E-state index contributed by atoms with van der Waals surface area (Å²) in [6, 6.07) is 0. The van der Waals surface area contributed by atoms with E-state index in [0.29, 0.717) is 38.5 Å². The molecule has 0 amide bonds. The fourth-order valence-corrected chi connectivity index (χ4v) is 17.8. The Hall–Kier alpha value is -2.44. The SMILES string of the molecule is CC(=O)O[C@@H]1[C@H]2CC[C@H]3[C@@](C)(O)[C@@H]4[C@@H]5O[C@@H]5C(C)(C)[C@@]4(O)[C@H](OC(C)=O)C[C@@]13C[C@@]2(C)O.CC(=O)O[C@@H]1[C@H]2CC[C@H]3[C@@](C)(O)[C@@H]4[C@@H]5O[C@@H]5C(C)(C)[C@@]4(O)[C@H](OC(C)=O)C[C@@]13C[C@@]2(C)O. The minimum Gasteiger partial charge on any atom is -0.462 e. The molecule has 0 aromatic rings. The quantitative estimate of drug-likeness (QED) is 0.135. The first-order valence-corrected chi connectivity index (χ1v) is 23.5. The first-order valence-electron chi connectivity index (χ1n) is 23.5. The monoisotopic (exact) mass is 904 g/mol. The van der Waals surface area contributed by atoms with E-state index in [1.54, 1.807) is 27.7 Å². The molecule has 8 saturated carbocycles. The Bertz CT molecular complexity index is 1870. The summed E-state index contributed by atoms with van der Waals surface area (Å²) in [5.41, 5.74) is -11.3. The summed E-state index contributed by atoms with van der Waals surface area (Å²) in [5.74, 6) is -4.62. The van der Waals surface area contributed by atoms with Crippen molar-refractivity contribution >= 4 is 23.9 Å². The van der Waals surface area contributed by atoms with Gasteiger partial charge in [0.1, 0.15) is 35.6 Å². The maximum Gasteiger partial charge on any atom is 0.303 e. The topological polar surface area (TPSA) is 252 Å². The number of rotatable bonds is 4. The number of esters is 4. The Balaban J connectivity index is 0.000000162. The summed E-state index contributed by atoms with van der Waals surface area (Å²) >= 11 is 0. The van der Waals surface area contributed by atoms with Crippen LogP contribution >= 0.6 is 0 Å². The molecule has 2 aliphatic heterocycles. The van der Waals surface area contributed by atoms with E-state index in [-0.39, 0.29) is 60.9 Å². The van der Waals surface area contributed by atoms with E-state index in [4.69, 9.17) is 28.4 Å². The van der Waals surface area contributed by atoms with E-state index >= 15 is 0 Å². The van der Waals surface area contributed by atoms with Crippen LogP contribution in [-0.4, -0.2) is 137 Å². The molecule has 8 aliphatic carbocycles. The van der Waals surface area contributed by atoms with Crippen LogP contribution in [0.15, 0.2) is 0 Å². The normalized spacial score (nSPS) is 57.0. The zero-order chi connectivity index (χ0) is 47.3. The van der Waals surface area contributed by atoms with Crippen LogP contribution in [0.3, 0.4) is 0 Å². The predicted molar refractivity (Wildman–Crippen MR) is 222 cm³/mol. The van der Waals surface area contributed by atoms with Crippen molar-refractivity contribution < 1.29 is 78.2 Å². The Morgan fingerprint density at radius 2 is 0.797 bits per heavy atom. The van der Waals surface area contributed by atoms with Crippen LogP contribution < -0.4 is 0 Å². The largest absolute Gasteiger partial charge is 0.462 e. The lowest BCUT2D eigenvalue weighted by Crippen LogP contribution is -2.63. The zero-order valence-corrected chi connectivity index (χ0v) is 39.5. The van der Waals surface area contributed by atoms with Crippen LogP contribution in [0.5, 0.6) is 0 Å². The van der Waals surface area contributed by atoms with Crippen molar-refractivity contribution in [3.63, 3.8) is 0 Å². The van der Waals surface area contributed by atoms with Crippen molar-refractivity contribution in [2.75, 3.05) is 0 Å². The molecule has 0 radical (unpaired) electrons. The van der Waals surface area contributed by atoms with E-state index in [0.717, 1.165) is 0 Å². The van der Waals surface area contributed by atoms with Crippen molar-refractivity contribution in [2.45, 2.75) is 217 Å². The molecule has 360 valence electrons. The van der Waals surface area contributed by atoms with Crippen molar-refractivity contribution in [1.82, 2.24) is 0 Å². The van der Waals surface area contributed by atoms with Gasteiger partial charge in [-0.15, -0.1) is 0 Å². The average molecular weight is 905 g/mol. The van der Waals surface area contributed by atoms with Crippen LogP contribution in [0.25, 0.3) is 0 Å². The molecule has 2 spiro atoms. The van der Waals surface area contributed by atoms with Gasteiger partial charge in [-0.05, 0) is 90.9 Å². The molecule has 6 N–H and O–H groups in total. The summed E-state index contributed by atoms with van der Waals surface area (Å²) in [5, 5.41) is 71.8. The van der Waals surface area contributed by atoms with Crippen LogP contribution in [0.4, 0.5) is 0 Å². The first-order chi connectivity index (χ1) is 29.2. The number of carbonyl (C=O) groups is 4. The predicted octanol–water partition coefficient (Wildman–Crippen LogP) is 2.65. The molecular weight excluding hydrogens is 833 g/mol. The molecular formula is C48H72O16. The lowest BCUT2D eigenvalue weighted by atomic mass is 9.57. The van der Waals surface area contributed by atoms with Crippen molar-refractivity contribution in [2.24, 2.45) is 57.2 Å². The van der Waals surface area contributed by atoms with Crippen molar-refractivity contribution in [3.8, 4) is 0 Å². The standard InChI is InChI=1S/2C24H36O8/c2*1-11(25)30-15-9-23-10-21(5,27)13(18(23)31-12(2)26)7-8-14(23)22(6,28)17-16-19(32-16)20(3,4)24(15,17)29/h2*13-19,27-29H,7-10H2,1-6H3/t2*13-,14+,15-,16+,17+,18-,19+,21-,22-,23+,24-/m11/s1. The molecule has 2 heterocycles. The Labute approximate surface area is 375 Å². The van der Waals surface area contributed by atoms with Crippen LogP contribution in [0.2, 0.25) is 0 Å². The first kappa shape index (κ1) is 46.7. The summed E-state index contributed by atoms with van der Waals surface area (Å²) in [7, 11) is 0. The van der Waals surface area contributed by atoms with Crippen LogP contribution in [0, 0.1) is 57.2 Å². The fraction of sp³-hybridized carbons (Fsp3) is 0.917. The van der Waals surface area contributed by atoms with Gasteiger partial charge in [-0.1, -0.05) is 27.7 Å². The lowest BCUT2D eigenvalue weighted by molar-refractivity contribution is -0.230. The highest BCUT2D eigenvalue weighted by atomic mass is 16.6. The van der Waals surface area contributed by atoms with Gasteiger partial charge in [0, 0.05) is 73.0 Å². The summed E-state index contributed by atoms with van der Waals surface area (Å²) in [4.78, 5) is 48.7. The van der Waals surface area contributed by atoms with Gasteiger partial charge in [-0.3, -0.25) is 19.2 Å². The van der Waals surface area contributed by atoms with Gasteiger partial charge in [0.05, 0.1) is 46.8 Å². The van der Waals surface area contributed by atoms with Crippen molar-refractivity contribution in [3.05, 3.63) is 0 Å². The van der Waals surface area contributed by atoms with Gasteiger partial charge in [0.25, 0.3) is 0 Å². The van der Waals surface area contributed by atoms with E-state index in [1.807, 2.05) is 27.7 Å². The van der Waals surface area contributed by atoms with Crippen LogP contribution in [-0.2, 0) is 47.6 Å². The third kappa shape index (κ3) is 5.81. The van der Waals surface area contributed by atoms with Gasteiger partial charge >= 0.3 is 23.9 Å². The highest BCUT2D eigenvalue weighted by Crippen LogP contribution is 2.76.